The zero-order valence-corrected chi connectivity index (χ0v) is 19.9. The summed E-state index contributed by atoms with van der Waals surface area (Å²) in [5.41, 5.74) is 1.68. The van der Waals surface area contributed by atoms with Crippen LogP contribution in [-0.4, -0.2) is 29.7 Å². The van der Waals surface area contributed by atoms with Crippen LogP contribution in [0.4, 0.5) is 18.3 Å². The van der Waals surface area contributed by atoms with Gasteiger partial charge in [-0.3, -0.25) is 0 Å². The molecule has 0 aliphatic carbocycles. The number of rotatable bonds is 9. The number of anilines is 1. The van der Waals surface area contributed by atoms with Crippen molar-refractivity contribution in [3.05, 3.63) is 88.7 Å². The van der Waals surface area contributed by atoms with Gasteiger partial charge in [0.15, 0.2) is 16.7 Å². The van der Waals surface area contributed by atoms with Crippen LogP contribution in [0.25, 0.3) is 10.2 Å². The van der Waals surface area contributed by atoms with Gasteiger partial charge in [-0.1, -0.05) is 42.5 Å². The van der Waals surface area contributed by atoms with E-state index in [9.17, 15) is 23.1 Å². The second-order valence-electron chi connectivity index (χ2n) is 7.93. The number of fused-ring (bicyclic) bond motifs is 1. The monoisotopic (exact) mass is 500 g/mol. The van der Waals surface area contributed by atoms with Crippen molar-refractivity contribution >= 4 is 32.7 Å². The van der Waals surface area contributed by atoms with Gasteiger partial charge < -0.3 is 14.7 Å². The Morgan fingerprint density at radius 3 is 2.46 bits per heavy atom. The number of methoxy groups -OCH3 is 1. The lowest BCUT2D eigenvalue weighted by atomic mass is 10.0. The molecule has 182 valence electrons. The van der Waals surface area contributed by atoms with Gasteiger partial charge in [-0.05, 0) is 54.3 Å². The zero-order chi connectivity index (χ0) is 25.1. The van der Waals surface area contributed by atoms with E-state index in [1.165, 1.54) is 48.8 Å². The topological polar surface area (TPSA) is 62.7 Å². The number of nitrogens with zero attached hydrogens (tertiary/aromatic N) is 2. The maximum Gasteiger partial charge on any atom is 0.335 e. The van der Waals surface area contributed by atoms with E-state index >= 15 is 0 Å². The van der Waals surface area contributed by atoms with Gasteiger partial charge in [0.05, 0.1) is 28.9 Å². The molecule has 0 saturated heterocycles. The quantitative estimate of drug-likeness (QED) is 0.280. The average molecular weight is 501 g/mol. The SMILES string of the molecule is CCC(c1ccc(C(=O)O)cc1)N(CCc1ccc(OC)c(F)c1F)c1nc2cccc(F)c2s1. The molecule has 0 fully saturated rings. The molecule has 0 amide bonds. The molecular formula is C26H23F3N2O3S. The fraction of sp³-hybridized carbons (Fsp3) is 0.231. The minimum atomic E-state index is -1.05. The number of ether oxygens (including phenoxy) is 1. The first-order valence-electron chi connectivity index (χ1n) is 11.0. The Morgan fingerprint density at radius 1 is 1.09 bits per heavy atom. The smallest absolute Gasteiger partial charge is 0.335 e. The number of carboxylic acid groups (broad SMARTS) is 1. The third kappa shape index (κ3) is 4.95. The number of halogens is 3. The highest BCUT2D eigenvalue weighted by molar-refractivity contribution is 7.22. The number of hydrogen-bond acceptors (Lipinski definition) is 5. The van der Waals surface area contributed by atoms with E-state index < -0.39 is 17.6 Å². The summed E-state index contributed by atoms with van der Waals surface area (Å²) in [7, 11) is 1.27. The summed E-state index contributed by atoms with van der Waals surface area (Å²) >= 11 is 1.18. The predicted octanol–water partition coefficient (Wildman–Crippen LogP) is 6.62. The van der Waals surface area contributed by atoms with Crippen LogP contribution < -0.4 is 9.64 Å². The molecule has 0 bridgehead atoms. The highest BCUT2D eigenvalue weighted by atomic mass is 32.1. The normalized spacial score (nSPS) is 12.0. The summed E-state index contributed by atoms with van der Waals surface area (Å²) in [4.78, 5) is 17.8. The third-order valence-corrected chi connectivity index (χ3v) is 6.99. The van der Waals surface area contributed by atoms with Crippen LogP contribution in [0, 0.1) is 17.5 Å². The van der Waals surface area contributed by atoms with Crippen LogP contribution in [-0.2, 0) is 6.42 Å². The largest absolute Gasteiger partial charge is 0.494 e. The first-order valence-corrected chi connectivity index (χ1v) is 11.8. The minimum Gasteiger partial charge on any atom is -0.494 e. The molecule has 0 aliphatic rings. The highest BCUT2D eigenvalue weighted by Gasteiger charge is 2.24. The van der Waals surface area contributed by atoms with Crippen molar-refractivity contribution in [3.63, 3.8) is 0 Å². The zero-order valence-electron chi connectivity index (χ0n) is 19.1. The van der Waals surface area contributed by atoms with Gasteiger partial charge in [0.25, 0.3) is 0 Å². The first kappa shape index (κ1) is 24.5. The van der Waals surface area contributed by atoms with Crippen molar-refractivity contribution in [1.82, 2.24) is 4.98 Å². The Bertz CT molecular complexity index is 1360. The molecule has 4 rings (SSSR count). The molecule has 1 N–H and O–H groups in total. The van der Waals surface area contributed by atoms with Crippen LogP contribution in [0.1, 0.15) is 40.9 Å². The van der Waals surface area contributed by atoms with E-state index in [0.29, 0.717) is 21.8 Å². The van der Waals surface area contributed by atoms with Crippen molar-refractivity contribution in [2.45, 2.75) is 25.8 Å². The molecule has 35 heavy (non-hydrogen) atoms. The Balaban J connectivity index is 1.73. The van der Waals surface area contributed by atoms with Crippen LogP contribution in [0.15, 0.2) is 54.6 Å². The Labute approximate surface area is 204 Å². The van der Waals surface area contributed by atoms with E-state index in [1.54, 1.807) is 24.3 Å². The van der Waals surface area contributed by atoms with Gasteiger partial charge in [0.2, 0.25) is 5.82 Å². The van der Waals surface area contributed by atoms with E-state index in [2.05, 4.69) is 4.98 Å². The van der Waals surface area contributed by atoms with E-state index in [4.69, 9.17) is 4.74 Å². The third-order valence-electron chi connectivity index (χ3n) is 5.88. The van der Waals surface area contributed by atoms with Crippen molar-refractivity contribution in [3.8, 4) is 5.75 Å². The number of carbonyl (C=O) groups is 1. The summed E-state index contributed by atoms with van der Waals surface area (Å²) in [6, 6.07) is 13.8. The van der Waals surface area contributed by atoms with Crippen LogP contribution in [0.3, 0.4) is 0 Å². The number of benzene rings is 3. The molecule has 0 spiro atoms. The lowest BCUT2D eigenvalue weighted by Crippen LogP contribution is -2.30. The van der Waals surface area contributed by atoms with Gasteiger partial charge in [-0.15, -0.1) is 0 Å². The molecule has 1 atom stereocenters. The number of aromatic carboxylic acids is 1. The fourth-order valence-corrected chi connectivity index (χ4v) is 5.10. The Morgan fingerprint density at radius 2 is 1.83 bits per heavy atom. The summed E-state index contributed by atoms with van der Waals surface area (Å²) in [5, 5.41) is 9.77. The molecule has 4 aromatic rings. The molecular weight excluding hydrogens is 477 g/mol. The summed E-state index contributed by atoms with van der Waals surface area (Å²) in [5.74, 6) is -3.60. The number of carboxylic acids is 1. The van der Waals surface area contributed by atoms with Gasteiger partial charge in [-0.25, -0.2) is 18.6 Å². The first-order chi connectivity index (χ1) is 16.8. The van der Waals surface area contributed by atoms with Crippen LogP contribution >= 0.6 is 11.3 Å². The molecule has 3 aromatic carbocycles. The van der Waals surface area contributed by atoms with E-state index in [0.717, 1.165) is 5.56 Å². The second kappa shape index (κ2) is 10.4. The average Bonchev–Trinajstić information content (AvgIpc) is 3.30. The fourth-order valence-electron chi connectivity index (χ4n) is 4.06. The summed E-state index contributed by atoms with van der Waals surface area (Å²) < 4.78 is 48.6. The second-order valence-corrected chi connectivity index (χ2v) is 8.91. The molecule has 5 nitrogen and oxygen atoms in total. The molecule has 1 heterocycles. The van der Waals surface area contributed by atoms with Crippen molar-refractivity contribution in [2.75, 3.05) is 18.6 Å². The van der Waals surface area contributed by atoms with Crippen molar-refractivity contribution < 1.29 is 27.8 Å². The van der Waals surface area contributed by atoms with E-state index in [1.807, 2.05) is 11.8 Å². The Hall–Kier alpha value is -3.59. The summed E-state index contributed by atoms with van der Waals surface area (Å²) in [6.07, 6.45) is 0.777. The number of hydrogen-bond donors (Lipinski definition) is 1. The van der Waals surface area contributed by atoms with Crippen molar-refractivity contribution in [1.29, 1.82) is 0 Å². The van der Waals surface area contributed by atoms with Crippen LogP contribution in [0.5, 0.6) is 5.75 Å². The maximum absolute atomic E-state index is 14.7. The van der Waals surface area contributed by atoms with Crippen molar-refractivity contribution in [2.24, 2.45) is 0 Å². The molecule has 0 radical (unpaired) electrons. The maximum atomic E-state index is 14.7. The van der Waals surface area contributed by atoms with Crippen LogP contribution in [0.2, 0.25) is 0 Å². The predicted molar refractivity (Wildman–Crippen MR) is 130 cm³/mol. The van der Waals surface area contributed by atoms with E-state index in [-0.39, 0.29) is 41.7 Å². The highest BCUT2D eigenvalue weighted by Crippen LogP contribution is 2.37. The minimum absolute atomic E-state index is 0.160. The molecule has 1 aromatic heterocycles. The molecule has 0 aliphatic heterocycles. The molecule has 1 unspecified atom stereocenters. The van der Waals surface area contributed by atoms with Gasteiger partial charge in [0.1, 0.15) is 5.82 Å². The van der Waals surface area contributed by atoms with Gasteiger partial charge >= 0.3 is 5.97 Å². The summed E-state index contributed by atoms with van der Waals surface area (Å²) in [6.45, 7) is 2.23. The standard InChI is InChI=1S/C26H23F3N2O3S/c1-3-20(15-7-9-17(10-8-15)25(32)33)31(26-30-19-6-4-5-18(27)24(19)35-26)14-13-16-11-12-21(34-2)23(29)22(16)28/h4-12,20H,3,13-14H2,1-2H3,(H,32,33). The lowest BCUT2D eigenvalue weighted by Gasteiger charge is -2.31. The Kier molecular flexibility index (Phi) is 7.25. The van der Waals surface area contributed by atoms with Gasteiger partial charge in [0, 0.05) is 6.54 Å². The molecule has 9 heteroatoms. The lowest BCUT2D eigenvalue weighted by molar-refractivity contribution is 0.0697. The van der Waals surface area contributed by atoms with Gasteiger partial charge in [-0.2, -0.15) is 4.39 Å². The number of thiazole rings is 1. The number of aromatic nitrogens is 1. The molecule has 0 saturated carbocycles.